The van der Waals surface area contributed by atoms with Crippen molar-refractivity contribution in [3.8, 4) is 11.3 Å². The number of thioether (sulfide) groups is 1. The number of hydrogen-bond donors (Lipinski definition) is 4. The van der Waals surface area contributed by atoms with Gasteiger partial charge in [-0.15, -0.1) is 23.1 Å². The molecule has 0 aliphatic carbocycles. The fraction of sp³-hybridized carbons (Fsp3) is 0.107. The summed E-state index contributed by atoms with van der Waals surface area (Å²) < 4.78 is 13.2. The Morgan fingerprint density at radius 1 is 0.950 bits per heavy atom. The number of carbonyl (C=O) groups is 4. The largest absolute Gasteiger partial charge is 0.478 e. The van der Waals surface area contributed by atoms with E-state index in [-0.39, 0.29) is 22.9 Å². The van der Waals surface area contributed by atoms with Crippen LogP contribution in [-0.4, -0.2) is 44.2 Å². The van der Waals surface area contributed by atoms with Crippen LogP contribution < -0.4 is 10.6 Å². The van der Waals surface area contributed by atoms with Crippen LogP contribution in [0.25, 0.3) is 11.3 Å². The quantitative estimate of drug-likeness (QED) is 0.165. The predicted octanol–water partition coefficient (Wildman–Crippen LogP) is 6.11. The van der Waals surface area contributed by atoms with E-state index in [1.807, 2.05) is 6.92 Å². The smallest absolute Gasteiger partial charge is 0.336 e. The molecule has 40 heavy (non-hydrogen) atoms. The predicted molar refractivity (Wildman–Crippen MR) is 151 cm³/mol. The van der Waals surface area contributed by atoms with E-state index in [0.29, 0.717) is 27.8 Å². The number of carboxylic acids is 2. The minimum atomic E-state index is -1.43. The van der Waals surface area contributed by atoms with E-state index < -0.39 is 28.7 Å². The highest BCUT2D eigenvalue weighted by Gasteiger charge is 2.21. The van der Waals surface area contributed by atoms with Gasteiger partial charge in [0.05, 0.1) is 27.6 Å². The molecule has 0 saturated heterocycles. The van der Waals surface area contributed by atoms with Gasteiger partial charge in [-0.2, -0.15) is 0 Å². The van der Waals surface area contributed by atoms with Crippen molar-refractivity contribution < 1.29 is 33.8 Å². The second-order valence-electron chi connectivity index (χ2n) is 8.40. The standard InChI is InChI=1S/C28H22FN3O6S2/c1-2-23(25(34)32-28-31-22(14-39-28)15-6-9-17(29)10-7-15)40-19-5-3-4-18(13-19)30-24(33)20-11-8-16(26(35)36)12-21(20)27(37)38/h3-14,23H,2H2,1H3,(H,30,33)(H,35,36)(H,37,38)(H,31,32,34). The molecule has 0 spiro atoms. The summed E-state index contributed by atoms with van der Waals surface area (Å²) in [5.41, 5.74) is 0.841. The molecule has 4 rings (SSSR count). The summed E-state index contributed by atoms with van der Waals surface area (Å²) >= 11 is 2.54. The first kappa shape index (κ1) is 28.5. The van der Waals surface area contributed by atoms with Crippen molar-refractivity contribution in [1.82, 2.24) is 4.98 Å². The molecule has 3 aromatic carbocycles. The van der Waals surface area contributed by atoms with Crippen molar-refractivity contribution in [2.45, 2.75) is 23.5 Å². The molecule has 0 aliphatic rings. The number of benzene rings is 3. The number of carbonyl (C=O) groups excluding carboxylic acids is 2. The summed E-state index contributed by atoms with van der Waals surface area (Å²) in [5, 5.41) is 25.7. The number of thiazole rings is 1. The molecule has 0 aliphatic heterocycles. The molecule has 0 fully saturated rings. The number of aromatic carboxylic acids is 2. The van der Waals surface area contributed by atoms with Crippen molar-refractivity contribution in [1.29, 1.82) is 0 Å². The summed E-state index contributed by atoms with van der Waals surface area (Å²) in [6.45, 7) is 1.86. The van der Waals surface area contributed by atoms with E-state index in [1.165, 1.54) is 35.2 Å². The number of aromatic nitrogens is 1. The fourth-order valence-corrected chi connectivity index (χ4v) is 5.39. The van der Waals surface area contributed by atoms with Gasteiger partial charge in [0, 0.05) is 21.5 Å². The number of amides is 2. The van der Waals surface area contributed by atoms with Gasteiger partial charge in [0.25, 0.3) is 5.91 Å². The maximum atomic E-state index is 13.2. The van der Waals surface area contributed by atoms with Crippen molar-refractivity contribution >= 4 is 57.7 Å². The van der Waals surface area contributed by atoms with E-state index in [2.05, 4.69) is 15.6 Å². The molecular formula is C28H22FN3O6S2. The number of hydrogen-bond acceptors (Lipinski definition) is 7. The highest BCUT2D eigenvalue weighted by atomic mass is 32.2. The van der Waals surface area contributed by atoms with E-state index in [9.17, 15) is 28.7 Å². The van der Waals surface area contributed by atoms with Crippen LogP contribution in [-0.2, 0) is 4.79 Å². The van der Waals surface area contributed by atoms with Crippen molar-refractivity contribution in [3.63, 3.8) is 0 Å². The Morgan fingerprint density at radius 3 is 2.38 bits per heavy atom. The Labute approximate surface area is 236 Å². The van der Waals surface area contributed by atoms with E-state index in [0.717, 1.165) is 23.8 Å². The Bertz CT molecular complexity index is 1590. The average molecular weight is 580 g/mol. The SMILES string of the molecule is CCC(Sc1cccc(NC(=O)c2ccc(C(=O)O)cc2C(=O)O)c1)C(=O)Nc1nc(-c2ccc(F)cc2)cs1. The minimum absolute atomic E-state index is 0.190. The van der Waals surface area contributed by atoms with Crippen LogP contribution in [0.2, 0.25) is 0 Å². The van der Waals surface area contributed by atoms with Gasteiger partial charge >= 0.3 is 11.9 Å². The number of halogens is 1. The van der Waals surface area contributed by atoms with Crippen molar-refractivity contribution in [3.05, 3.63) is 94.6 Å². The summed E-state index contributed by atoms with van der Waals surface area (Å²) in [4.78, 5) is 53.7. The third kappa shape index (κ3) is 6.90. The number of carboxylic acid groups (broad SMARTS) is 2. The molecule has 0 bridgehead atoms. The van der Waals surface area contributed by atoms with Crippen LogP contribution in [0.15, 0.2) is 77.0 Å². The maximum Gasteiger partial charge on any atom is 0.336 e. The fourth-order valence-electron chi connectivity index (χ4n) is 3.65. The molecule has 1 atom stereocenters. The lowest BCUT2D eigenvalue weighted by Gasteiger charge is -2.15. The first-order valence-corrected chi connectivity index (χ1v) is 13.6. The zero-order valence-electron chi connectivity index (χ0n) is 20.9. The van der Waals surface area contributed by atoms with Crippen molar-refractivity contribution in [2.75, 3.05) is 10.6 Å². The summed E-state index contributed by atoms with van der Waals surface area (Å²) in [6, 6.07) is 15.9. The number of nitrogens with zero attached hydrogens (tertiary/aromatic N) is 1. The van der Waals surface area contributed by atoms with Crippen LogP contribution >= 0.6 is 23.1 Å². The molecule has 204 valence electrons. The number of nitrogens with one attached hydrogen (secondary N) is 2. The first-order chi connectivity index (χ1) is 19.1. The van der Waals surface area contributed by atoms with E-state index >= 15 is 0 Å². The van der Waals surface area contributed by atoms with Crippen LogP contribution in [0.5, 0.6) is 0 Å². The monoisotopic (exact) mass is 579 g/mol. The van der Waals surface area contributed by atoms with Crippen LogP contribution in [0.1, 0.15) is 44.4 Å². The van der Waals surface area contributed by atoms with Gasteiger partial charge in [-0.25, -0.2) is 19.0 Å². The lowest BCUT2D eigenvalue weighted by molar-refractivity contribution is -0.115. The zero-order valence-corrected chi connectivity index (χ0v) is 22.5. The van der Waals surface area contributed by atoms with E-state index in [4.69, 9.17) is 5.11 Å². The molecule has 0 saturated carbocycles. The summed E-state index contributed by atoms with van der Waals surface area (Å²) in [6.07, 6.45) is 0.501. The van der Waals surface area contributed by atoms with Crippen molar-refractivity contribution in [2.24, 2.45) is 0 Å². The molecule has 1 heterocycles. The molecule has 1 aromatic heterocycles. The third-order valence-electron chi connectivity index (χ3n) is 5.65. The third-order valence-corrected chi connectivity index (χ3v) is 7.77. The highest BCUT2D eigenvalue weighted by Crippen LogP contribution is 2.30. The van der Waals surface area contributed by atoms with Gasteiger partial charge in [0.1, 0.15) is 5.82 Å². The molecule has 2 amide bonds. The van der Waals surface area contributed by atoms with Gasteiger partial charge < -0.3 is 20.8 Å². The van der Waals surface area contributed by atoms with Crippen LogP contribution in [0, 0.1) is 5.82 Å². The number of anilines is 2. The van der Waals surface area contributed by atoms with Gasteiger partial charge in [0.2, 0.25) is 5.91 Å². The molecular weight excluding hydrogens is 557 g/mol. The van der Waals surface area contributed by atoms with Crippen LogP contribution in [0.3, 0.4) is 0 Å². The molecule has 4 N–H and O–H groups in total. The lowest BCUT2D eigenvalue weighted by Crippen LogP contribution is -2.24. The summed E-state index contributed by atoms with van der Waals surface area (Å²) in [5.74, 6) is -4.07. The minimum Gasteiger partial charge on any atom is -0.478 e. The first-order valence-electron chi connectivity index (χ1n) is 11.9. The Hall–Kier alpha value is -4.55. The second-order valence-corrected chi connectivity index (χ2v) is 10.5. The molecule has 12 heteroatoms. The van der Waals surface area contributed by atoms with Crippen LogP contribution in [0.4, 0.5) is 15.2 Å². The second kappa shape index (κ2) is 12.5. The van der Waals surface area contributed by atoms with E-state index in [1.54, 1.807) is 41.8 Å². The summed E-state index contributed by atoms with van der Waals surface area (Å²) in [7, 11) is 0. The zero-order chi connectivity index (χ0) is 28.8. The average Bonchev–Trinajstić information content (AvgIpc) is 3.40. The maximum absolute atomic E-state index is 13.2. The Kier molecular flexibility index (Phi) is 8.92. The van der Waals surface area contributed by atoms with Gasteiger partial charge in [-0.3, -0.25) is 9.59 Å². The molecule has 9 nitrogen and oxygen atoms in total. The Morgan fingerprint density at radius 2 is 1.70 bits per heavy atom. The highest BCUT2D eigenvalue weighted by molar-refractivity contribution is 8.00. The topological polar surface area (TPSA) is 146 Å². The van der Waals surface area contributed by atoms with Gasteiger partial charge in [0.15, 0.2) is 5.13 Å². The molecule has 4 aromatic rings. The lowest BCUT2D eigenvalue weighted by atomic mass is 10.0. The van der Waals surface area contributed by atoms with Gasteiger partial charge in [-0.05, 0) is 67.1 Å². The normalized spacial score (nSPS) is 11.4. The van der Waals surface area contributed by atoms with Gasteiger partial charge in [-0.1, -0.05) is 13.0 Å². The number of rotatable bonds is 10. The molecule has 1 unspecified atom stereocenters. The Balaban J connectivity index is 1.43. The molecule has 0 radical (unpaired) electrons.